The highest BCUT2D eigenvalue weighted by Gasteiger charge is 2.24. The maximum Gasteiger partial charge on any atom is 0.275 e. The lowest BCUT2D eigenvalue weighted by Crippen LogP contribution is -2.34. The van der Waals surface area contributed by atoms with Gasteiger partial charge in [0, 0.05) is 29.9 Å². The maximum absolute atomic E-state index is 12.4. The summed E-state index contributed by atoms with van der Waals surface area (Å²) >= 11 is 1.38. The molecule has 0 unspecified atom stereocenters. The molecule has 3 heterocycles. The molecule has 9 heteroatoms. The first-order valence-electron chi connectivity index (χ1n) is 7.87. The van der Waals surface area contributed by atoms with E-state index < -0.39 is 6.10 Å². The lowest BCUT2D eigenvalue weighted by Gasteiger charge is -2.23. The molecule has 2 N–H and O–H groups in total. The first-order valence-corrected chi connectivity index (χ1v) is 8.75. The molecule has 0 saturated heterocycles. The van der Waals surface area contributed by atoms with Crippen molar-refractivity contribution in [2.45, 2.75) is 13.0 Å². The number of thiazole rings is 1. The number of fused-ring (bicyclic) bond motifs is 1. The van der Waals surface area contributed by atoms with Crippen molar-refractivity contribution in [3.05, 3.63) is 41.7 Å². The van der Waals surface area contributed by atoms with Crippen molar-refractivity contribution in [2.75, 3.05) is 10.6 Å². The molecule has 4 rings (SSSR count). The Labute approximate surface area is 152 Å². The van der Waals surface area contributed by atoms with E-state index in [4.69, 9.17) is 4.74 Å². The number of ether oxygens (including phenoxy) is 1. The first-order chi connectivity index (χ1) is 12.5. The molecule has 132 valence electrons. The molecule has 1 atom stereocenters. The van der Waals surface area contributed by atoms with E-state index in [9.17, 15) is 9.59 Å². The largest absolute Gasteiger partial charge is 0.479 e. The number of rotatable bonds is 3. The molecular formula is C17H15N5O3S. The summed E-state index contributed by atoms with van der Waals surface area (Å²) in [5.74, 6) is 0.0250. The zero-order chi connectivity index (χ0) is 18.3. The van der Waals surface area contributed by atoms with Crippen molar-refractivity contribution >= 4 is 34.5 Å². The fourth-order valence-corrected chi connectivity index (χ4v) is 3.30. The third kappa shape index (κ3) is 3.04. The Kier molecular flexibility index (Phi) is 3.92. The van der Waals surface area contributed by atoms with Gasteiger partial charge in [-0.15, -0.1) is 11.3 Å². The van der Waals surface area contributed by atoms with Gasteiger partial charge in [0.1, 0.15) is 16.5 Å². The van der Waals surface area contributed by atoms with E-state index in [1.54, 1.807) is 41.4 Å². The zero-order valence-electron chi connectivity index (χ0n) is 14.0. The molecule has 8 nitrogen and oxygen atoms in total. The van der Waals surface area contributed by atoms with Gasteiger partial charge in [-0.05, 0) is 25.1 Å². The van der Waals surface area contributed by atoms with Gasteiger partial charge < -0.3 is 15.4 Å². The Hall–Kier alpha value is -3.20. The number of hydrogen-bond acceptors (Lipinski definition) is 6. The molecule has 1 aromatic carbocycles. The lowest BCUT2D eigenvalue weighted by molar-refractivity contribution is -0.122. The minimum absolute atomic E-state index is 0.221. The van der Waals surface area contributed by atoms with Gasteiger partial charge in [-0.25, -0.2) is 4.98 Å². The standard InChI is InChI=1S/C17H15N5O3S/c1-9-15(23)20-12-5-11(3-4-14(12)25-9)19-16(24)13-8-26-17(21-13)10-6-18-22(2)7-10/h3-9H,1-2H3,(H,19,24)(H,20,23)/t9-/m0/s1. The zero-order valence-corrected chi connectivity index (χ0v) is 14.8. The van der Waals surface area contributed by atoms with E-state index in [1.807, 2.05) is 13.2 Å². The second kappa shape index (κ2) is 6.26. The van der Waals surface area contributed by atoms with Crippen molar-refractivity contribution in [1.29, 1.82) is 0 Å². The third-order valence-corrected chi connectivity index (χ3v) is 4.75. The molecule has 1 aliphatic heterocycles. The number of carbonyl (C=O) groups excluding carboxylic acids is 2. The van der Waals surface area contributed by atoms with Crippen molar-refractivity contribution in [1.82, 2.24) is 14.8 Å². The number of hydrogen-bond donors (Lipinski definition) is 2. The summed E-state index contributed by atoms with van der Waals surface area (Å²) in [6.45, 7) is 1.68. The predicted molar refractivity (Wildman–Crippen MR) is 97.4 cm³/mol. The molecule has 3 aromatic rings. The highest BCUT2D eigenvalue weighted by Crippen LogP contribution is 2.32. The van der Waals surface area contributed by atoms with Crippen molar-refractivity contribution < 1.29 is 14.3 Å². The molecule has 2 aromatic heterocycles. The SMILES string of the molecule is C[C@@H]1Oc2ccc(NC(=O)c3csc(-c4cnn(C)c4)n3)cc2NC1=O. The summed E-state index contributed by atoms with van der Waals surface area (Å²) < 4.78 is 7.18. The Morgan fingerprint density at radius 1 is 1.42 bits per heavy atom. The van der Waals surface area contributed by atoms with Crippen LogP contribution >= 0.6 is 11.3 Å². The Balaban J connectivity index is 1.51. The van der Waals surface area contributed by atoms with Gasteiger partial charge in [0.25, 0.3) is 11.8 Å². The summed E-state index contributed by atoms with van der Waals surface area (Å²) in [4.78, 5) is 28.5. The average molecular weight is 369 g/mol. The van der Waals surface area contributed by atoms with Crippen molar-refractivity contribution in [3.8, 4) is 16.3 Å². The van der Waals surface area contributed by atoms with E-state index >= 15 is 0 Å². The van der Waals surface area contributed by atoms with Crippen molar-refractivity contribution in [3.63, 3.8) is 0 Å². The molecule has 1 aliphatic rings. The van der Waals surface area contributed by atoms with E-state index in [2.05, 4.69) is 20.7 Å². The van der Waals surface area contributed by atoms with Crippen LogP contribution in [0.25, 0.3) is 10.6 Å². The van der Waals surface area contributed by atoms with Crippen LogP contribution in [0.3, 0.4) is 0 Å². The van der Waals surface area contributed by atoms with Crippen LogP contribution in [-0.2, 0) is 11.8 Å². The Morgan fingerprint density at radius 3 is 3.04 bits per heavy atom. The smallest absolute Gasteiger partial charge is 0.275 e. The monoisotopic (exact) mass is 369 g/mol. The minimum Gasteiger partial charge on any atom is -0.479 e. The minimum atomic E-state index is -0.538. The summed E-state index contributed by atoms with van der Waals surface area (Å²) in [5.41, 5.74) is 2.25. The summed E-state index contributed by atoms with van der Waals surface area (Å²) in [6.07, 6.45) is 3.00. The predicted octanol–water partition coefficient (Wildman–Crippen LogP) is 2.52. The number of anilines is 2. The number of amides is 2. The second-order valence-electron chi connectivity index (χ2n) is 5.85. The van der Waals surface area contributed by atoms with Gasteiger partial charge in [-0.3, -0.25) is 14.3 Å². The molecule has 0 saturated carbocycles. The van der Waals surface area contributed by atoms with Crippen LogP contribution in [0.4, 0.5) is 11.4 Å². The third-order valence-electron chi connectivity index (χ3n) is 3.86. The highest BCUT2D eigenvalue weighted by atomic mass is 32.1. The number of aryl methyl sites for hydroxylation is 1. The number of nitrogens with one attached hydrogen (secondary N) is 2. The van der Waals surface area contributed by atoms with Gasteiger partial charge in [-0.1, -0.05) is 0 Å². The van der Waals surface area contributed by atoms with Crippen LogP contribution in [0.2, 0.25) is 0 Å². The molecular weight excluding hydrogens is 354 g/mol. The van der Waals surface area contributed by atoms with Gasteiger partial charge in [0.05, 0.1) is 11.9 Å². The molecule has 0 aliphatic carbocycles. The number of aromatic nitrogens is 3. The average Bonchev–Trinajstić information content (AvgIpc) is 3.25. The summed E-state index contributed by atoms with van der Waals surface area (Å²) in [7, 11) is 1.82. The van der Waals surface area contributed by atoms with Gasteiger partial charge in [0.2, 0.25) is 0 Å². The Bertz CT molecular complexity index is 1010. The quantitative estimate of drug-likeness (QED) is 0.739. The number of carbonyl (C=O) groups is 2. The van der Waals surface area contributed by atoms with Crippen LogP contribution in [-0.4, -0.2) is 32.7 Å². The van der Waals surface area contributed by atoms with Crippen LogP contribution in [0, 0.1) is 0 Å². The van der Waals surface area contributed by atoms with Crippen LogP contribution in [0.1, 0.15) is 17.4 Å². The van der Waals surface area contributed by atoms with Crippen LogP contribution in [0.5, 0.6) is 5.75 Å². The second-order valence-corrected chi connectivity index (χ2v) is 6.71. The van der Waals surface area contributed by atoms with E-state index in [0.717, 1.165) is 10.6 Å². The first kappa shape index (κ1) is 16.3. The fraction of sp³-hybridized carbons (Fsp3) is 0.176. The number of benzene rings is 1. The van der Waals surface area contributed by atoms with Gasteiger partial charge >= 0.3 is 0 Å². The van der Waals surface area contributed by atoms with E-state index in [-0.39, 0.29) is 11.8 Å². The molecule has 2 amide bonds. The van der Waals surface area contributed by atoms with Crippen molar-refractivity contribution in [2.24, 2.45) is 7.05 Å². The number of nitrogens with zero attached hydrogens (tertiary/aromatic N) is 3. The molecule has 0 bridgehead atoms. The molecule has 0 fully saturated rings. The normalized spacial score (nSPS) is 15.8. The molecule has 0 spiro atoms. The van der Waals surface area contributed by atoms with Gasteiger partial charge in [0.15, 0.2) is 6.10 Å². The fourth-order valence-electron chi connectivity index (χ4n) is 2.52. The summed E-state index contributed by atoms with van der Waals surface area (Å²) in [5, 5.41) is 12.1. The maximum atomic E-state index is 12.4. The topological polar surface area (TPSA) is 98.1 Å². The lowest BCUT2D eigenvalue weighted by atomic mass is 10.2. The van der Waals surface area contributed by atoms with Crippen LogP contribution in [0.15, 0.2) is 36.0 Å². The molecule has 26 heavy (non-hydrogen) atoms. The van der Waals surface area contributed by atoms with Gasteiger partial charge in [-0.2, -0.15) is 5.10 Å². The highest BCUT2D eigenvalue weighted by molar-refractivity contribution is 7.13. The van der Waals surface area contributed by atoms with Crippen LogP contribution < -0.4 is 15.4 Å². The van der Waals surface area contributed by atoms with E-state index in [1.165, 1.54) is 11.3 Å². The molecule has 0 radical (unpaired) electrons. The Morgan fingerprint density at radius 2 is 2.27 bits per heavy atom. The van der Waals surface area contributed by atoms with E-state index in [0.29, 0.717) is 22.8 Å². The summed E-state index contributed by atoms with van der Waals surface area (Å²) in [6, 6.07) is 5.09.